The lowest BCUT2D eigenvalue weighted by molar-refractivity contribution is 0.0986. The van der Waals surface area contributed by atoms with Crippen molar-refractivity contribution < 1.29 is 4.79 Å². The number of nitrogens with one attached hydrogen (secondary N) is 1. The molecule has 1 unspecified atom stereocenters. The van der Waals surface area contributed by atoms with Gasteiger partial charge in [0, 0.05) is 19.0 Å². The van der Waals surface area contributed by atoms with Crippen molar-refractivity contribution in [1.82, 2.24) is 15.1 Å². The molecule has 1 saturated carbocycles. The molecule has 1 aliphatic heterocycles. The van der Waals surface area contributed by atoms with Crippen LogP contribution in [0, 0.1) is 12.8 Å². The summed E-state index contributed by atoms with van der Waals surface area (Å²) in [4.78, 5) is 11.9. The minimum absolute atomic E-state index is 0.218. The number of ketones is 1. The number of rotatable bonds is 3. The number of carbonyl (C=O) groups excluding carboxylic acids is 1. The highest BCUT2D eigenvalue weighted by molar-refractivity contribution is 5.98. The van der Waals surface area contributed by atoms with Crippen LogP contribution in [0.4, 0.5) is 0 Å². The standard InChI is InChI=1S/C13H19N3O.C2H6/c1-3-12(17)13-8(2)15-16-7-10(9-4-5-9)14-6-11(13)16;1-2/h9-10,14H,3-7H2,1-2H3;1-2H3. The number of nitrogens with zero attached hydrogens (tertiary/aromatic N) is 2. The van der Waals surface area contributed by atoms with Gasteiger partial charge in [-0.2, -0.15) is 5.10 Å². The average molecular weight is 263 g/mol. The summed E-state index contributed by atoms with van der Waals surface area (Å²) >= 11 is 0. The lowest BCUT2D eigenvalue weighted by Gasteiger charge is -2.25. The van der Waals surface area contributed by atoms with E-state index in [1.165, 1.54) is 12.8 Å². The van der Waals surface area contributed by atoms with Gasteiger partial charge in [-0.1, -0.05) is 20.8 Å². The third-order valence-corrected chi connectivity index (χ3v) is 3.92. The van der Waals surface area contributed by atoms with Crippen LogP contribution in [-0.4, -0.2) is 21.6 Å². The summed E-state index contributed by atoms with van der Waals surface area (Å²) in [6, 6.07) is 0.561. The highest BCUT2D eigenvalue weighted by Gasteiger charge is 2.35. The summed E-state index contributed by atoms with van der Waals surface area (Å²) in [5.41, 5.74) is 2.84. The molecule has 0 aromatic carbocycles. The molecule has 0 bridgehead atoms. The van der Waals surface area contributed by atoms with Crippen LogP contribution in [0.25, 0.3) is 0 Å². The predicted molar refractivity (Wildman–Crippen MR) is 76.3 cm³/mol. The SMILES string of the molecule is CC.CCC(=O)c1c(C)nn2c1CNC(C1CC1)C2. The van der Waals surface area contributed by atoms with Crippen LogP contribution >= 0.6 is 0 Å². The number of aromatic nitrogens is 2. The first-order valence-electron chi connectivity index (χ1n) is 7.53. The van der Waals surface area contributed by atoms with Gasteiger partial charge in [0.25, 0.3) is 0 Å². The molecule has 1 aromatic heterocycles. The van der Waals surface area contributed by atoms with E-state index < -0.39 is 0 Å². The fourth-order valence-corrected chi connectivity index (χ4v) is 2.79. The summed E-state index contributed by atoms with van der Waals surface area (Å²) in [5.74, 6) is 1.05. The maximum Gasteiger partial charge on any atom is 0.166 e. The molecule has 0 saturated heterocycles. The fraction of sp³-hybridized carbons (Fsp3) is 0.733. The Balaban J connectivity index is 0.000000637. The van der Waals surface area contributed by atoms with Crippen LogP contribution < -0.4 is 5.32 Å². The zero-order valence-corrected chi connectivity index (χ0v) is 12.5. The van der Waals surface area contributed by atoms with E-state index in [1.807, 2.05) is 27.7 Å². The van der Waals surface area contributed by atoms with Gasteiger partial charge in [-0.15, -0.1) is 0 Å². The molecule has 1 N–H and O–H groups in total. The number of hydrogen-bond acceptors (Lipinski definition) is 3. The molecule has 2 aliphatic rings. The Kier molecular flexibility index (Phi) is 4.40. The molecule has 4 nitrogen and oxygen atoms in total. The Bertz CT molecular complexity index is 460. The van der Waals surface area contributed by atoms with E-state index in [-0.39, 0.29) is 5.78 Å². The molecule has 0 radical (unpaired) electrons. The molecule has 106 valence electrons. The number of fused-ring (bicyclic) bond motifs is 1. The smallest absolute Gasteiger partial charge is 0.166 e. The maximum absolute atomic E-state index is 11.9. The van der Waals surface area contributed by atoms with E-state index in [4.69, 9.17) is 0 Å². The van der Waals surface area contributed by atoms with Crippen molar-refractivity contribution in [2.24, 2.45) is 5.92 Å². The molecule has 2 heterocycles. The molecule has 3 rings (SSSR count). The summed E-state index contributed by atoms with van der Waals surface area (Å²) < 4.78 is 2.05. The second-order valence-electron chi connectivity index (χ2n) is 5.19. The van der Waals surface area contributed by atoms with Gasteiger partial charge < -0.3 is 5.32 Å². The van der Waals surface area contributed by atoms with E-state index in [0.717, 1.165) is 36.0 Å². The van der Waals surface area contributed by atoms with E-state index in [2.05, 4.69) is 15.1 Å². The van der Waals surface area contributed by atoms with Gasteiger partial charge in [0.1, 0.15) is 0 Å². The highest BCUT2D eigenvalue weighted by atomic mass is 16.1. The predicted octanol–water partition coefficient (Wildman–Crippen LogP) is 2.69. The van der Waals surface area contributed by atoms with Gasteiger partial charge in [0.15, 0.2) is 5.78 Å². The van der Waals surface area contributed by atoms with Gasteiger partial charge in [0.05, 0.1) is 23.5 Å². The van der Waals surface area contributed by atoms with Crippen LogP contribution in [0.2, 0.25) is 0 Å². The number of carbonyl (C=O) groups is 1. The van der Waals surface area contributed by atoms with E-state index in [9.17, 15) is 4.79 Å². The van der Waals surface area contributed by atoms with E-state index >= 15 is 0 Å². The Morgan fingerprint density at radius 1 is 1.42 bits per heavy atom. The quantitative estimate of drug-likeness (QED) is 0.853. The Labute approximate surface area is 115 Å². The molecule has 0 amide bonds. The number of hydrogen-bond donors (Lipinski definition) is 1. The second kappa shape index (κ2) is 5.87. The van der Waals surface area contributed by atoms with Crippen molar-refractivity contribution in [3.8, 4) is 0 Å². The lowest BCUT2D eigenvalue weighted by atomic mass is 10.0. The summed E-state index contributed by atoms with van der Waals surface area (Å²) in [5, 5.41) is 8.09. The van der Waals surface area contributed by atoms with Crippen molar-refractivity contribution >= 4 is 5.78 Å². The molecule has 0 spiro atoms. The van der Waals surface area contributed by atoms with Crippen LogP contribution in [0.5, 0.6) is 0 Å². The normalized spacial score (nSPS) is 21.4. The Morgan fingerprint density at radius 2 is 2.11 bits per heavy atom. The van der Waals surface area contributed by atoms with Gasteiger partial charge >= 0.3 is 0 Å². The summed E-state index contributed by atoms with van der Waals surface area (Å²) in [6.07, 6.45) is 3.24. The van der Waals surface area contributed by atoms with Gasteiger partial charge in [0.2, 0.25) is 0 Å². The highest BCUT2D eigenvalue weighted by Crippen LogP contribution is 2.35. The van der Waals surface area contributed by atoms with Gasteiger partial charge in [-0.25, -0.2) is 0 Å². The monoisotopic (exact) mass is 263 g/mol. The zero-order chi connectivity index (χ0) is 14.0. The first-order chi connectivity index (χ1) is 9.20. The fourth-order valence-electron chi connectivity index (χ4n) is 2.79. The zero-order valence-electron chi connectivity index (χ0n) is 12.5. The Morgan fingerprint density at radius 3 is 2.68 bits per heavy atom. The largest absolute Gasteiger partial charge is 0.306 e. The van der Waals surface area contributed by atoms with Crippen molar-refractivity contribution in [1.29, 1.82) is 0 Å². The molecule has 1 atom stereocenters. The van der Waals surface area contributed by atoms with Crippen LogP contribution in [0.3, 0.4) is 0 Å². The van der Waals surface area contributed by atoms with Gasteiger partial charge in [-0.3, -0.25) is 9.48 Å². The van der Waals surface area contributed by atoms with E-state index in [1.54, 1.807) is 0 Å². The second-order valence-corrected chi connectivity index (χ2v) is 5.19. The Hall–Kier alpha value is -1.16. The maximum atomic E-state index is 11.9. The van der Waals surface area contributed by atoms with E-state index in [0.29, 0.717) is 12.5 Å². The minimum atomic E-state index is 0.218. The lowest BCUT2D eigenvalue weighted by Crippen LogP contribution is -2.41. The number of aryl methyl sites for hydroxylation is 1. The van der Waals surface area contributed by atoms with Crippen LogP contribution in [0.15, 0.2) is 0 Å². The first kappa shape index (κ1) is 14.3. The summed E-state index contributed by atoms with van der Waals surface area (Å²) in [7, 11) is 0. The molecule has 4 heteroatoms. The molecule has 19 heavy (non-hydrogen) atoms. The summed E-state index contributed by atoms with van der Waals surface area (Å²) in [6.45, 7) is 9.58. The third kappa shape index (κ3) is 2.73. The third-order valence-electron chi connectivity index (χ3n) is 3.92. The topological polar surface area (TPSA) is 46.9 Å². The minimum Gasteiger partial charge on any atom is -0.306 e. The molecular formula is C15H25N3O. The van der Waals surface area contributed by atoms with Gasteiger partial charge in [-0.05, 0) is 25.7 Å². The molecule has 1 fully saturated rings. The van der Waals surface area contributed by atoms with Crippen molar-refractivity contribution in [2.45, 2.75) is 66.1 Å². The van der Waals surface area contributed by atoms with Crippen molar-refractivity contribution in [2.75, 3.05) is 0 Å². The molecular weight excluding hydrogens is 238 g/mol. The number of Topliss-reactive ketones (excluding diaryl/α,β-unsaturated/α-hetero) is 1. The van der Waals surface area contributed by atoms with Crippen LogP contribution in [-0.2, 0) is 13.1 Å². The van der Waals surface area contributed by atoms with Crippen molar-refractivity contribution in [3.05, 3.63) is 17.0 Å². The molecule has 1 aliphatic carbocycles. The molecule has 1 aromatic rings. The van der Waals surface area contributed by atoms with Crippen molar-refractivity contribution in [3.63, 3.8) is 0 Å². The first-order valence-corrected chi connectivity index (χ1v) is 7.53. The average Bonchev–Trinajstić information content (AvgIpc) is 3.22. The van der Waals surface area contributed by atoms with Crippen LogP contribution in [0.1, 0.15) is 61.8 Å².